The molecule has 0 aromatic heterocycles. The number of hydrogen-bond donors (Lipinski definition) is 1. The van der Waals surface area contributed by atoms with Crippen molar-refractivity contribution in [3.8, 4) is 11.5 Å². The third-order valence-electron chi connectivity index (χ3n) is 4.32. The van der Waals surface area contributed by atoms with Gasteiger partial charge in [0.1, 0.15) is 11.5 Å². The SMILES string of the molecule is OCc1cc2ccc3c(c2c2c1OCCC2)CCCO3. The minimum atomic E-state index is 0.0336. The van der Waals surface area contributed by atoms with Crippen LogP contribution in [0.1, 0.15) is 29.5 Å². The number of fused-ring (bicyclic) bond motifs is 5. The molecule has 20 heavy (non-hydrogen) atoms. The van der Waals surface area contributed by atoms with E-state index in [2.05, 4.69) is 18.2 Å². The van der Waals surface area contributed by atoms with Gasteiger partial charge in [0.05, 0.1) is 19.8 Å². The minimum absolute atomic E-state index is 0.0336. The Hall–Kier alpha value is -1.74. The van der Waals surface area contributed by atoms with Crippen LogP contribution in [0, 0.1) is 0 Å². The summed E-state index contributed by atoms with van der Waals surface area (Å²) in [5, 5.41) is 12.1. The summed E-state index contributed by atoms with van der Waals surface area (Å²) < 4.78 is 11.6. The molecule has 2 aliphatic rings. The fourth-order valence-electron chi connectivity index (χ4n) is 3.46. The van der Waals surface area contributed by atoms with Gasteiger partial charge in [0, 0.05) is 16.7 Å². The predicted octanol–water partition coefficient (Wildman–Crippen LogP) is 2.98. The van der Waals surface area contributed by atoms with E-state index in [1.54, 1.807) is 0 Å². The summed E-state index contributed by atoms with van der Waals surface area (Å²) in [7, 11) is 0. The van der Waals surface area contributed by atoms with Crippen LogP contribution in [0.3, 0.4) is 0 Å². The molecule has 0 radical (unpaired) electrons. The van der Waals surface area contributed by atoms with E-state index >= 15 is 0 Å². The predicted molar refractivity (Wildman–Crippen MR) is 77.5 cm³/mol. The molecular formula is C17H18O3. The Morgan fingerprint density at radius 2 is 1.80 bits per heavy atom. The molecule has 2 aromatic carbocycles. The lowest BCUT2D eigenvalue weighted by Gasteiger charge is -2.26. The van der Waals surface area contributed by atoms with E-state index in [4.69, 9.17) is 9.47 Å². The number of aliphatic hydroxyl groups excluding tert-OH is 1. The molecule has 0 fully saturated rings. The van der Waals surface area contributed by atoms with Gasteiger partial charge >= 0.3 is 0 Å². The molecule has 0 atom stereocenters. The topological polar surface area (TPSA) is 38.7 Å². The number of aryl methyl sites for hydroxylation is 2. The Kier molecular flexibility index (Phi) is 2.81. The maximum Gasteiger partial charge on any atom is 0.128 e. The van der Waals surface area contributed by atoms with E-state index in [0.717, 1.165) is 56.0 Å². The maximum absolute atomic E-state index is 9.59. The highest BCUT2D eigenvalue weighted by molar-refractivity contribution is 5.93. The molecule has 3 nitrogen and oxygen atoms in total. The van der Waals surface area contributed by atoms with Crippen LogP contribution < -0.4 is 9.47 Å². The lowest BCUT2D eigenvalue weighted by atomic mass is 9.89. The molecule has 0 bridgehead atoms. The molecule has 3 heteroatoms. The molecule has 0 amide bonds. The minimum Gasteiger partial charge on any atom is -0.493 e. The average molecular weight is 270 g/mol. The van der Waals surface area contributed by atoms with Gasteiger partial charge in [-0.15, -0.1) is 0 Å². The summed E-state index contributed by atoms with van der Waals surface area (Å²) in [5.74, 6) is 1.93. The van der Waals surface area contributed by atoms with E-state index < -0.39 is 0 Å². The summed E-state index contributed by atoms with van der Waals surface area (Å²) in [6.07, 6.45) is 4.21. The molecule has 4 rings (SSSR count). The van der Waals surface area contributed by atoms with Crippen molar-refractivity contribution in [1.82, 2.24) is 0 Å². The number of rotatable bonds is 1. The average Bonchev–Trinajstić information content (AvgIpc) is 2.53. The van der Waals surface area contributed by atoms with Crippen LogP contribution in [0.2, 0.25) is 0 Å². The molecule has 2 aromatic rings. The highest BCUT2D eigenvalue weighted by atomic mass is 16.5. The quantitative estimate of drug-likeness (QED) is 0.865. The number of ether oxygens (including phenoxy) is 2. The maximum atomic E-state index is 9.59. The molecule has 104 valence electrons. The number of hydrogen-bond acceptors (Lipinski definition) is 3. The van der Waals surface area contributed by atoms with Crippen molar-refractivity contribution >= 4 is 10.8 Å². The normalized spacial score (nSPS) is 17.1. The second kappa shape index (κ2) is 4.67. The van der Waals surface area contributed by atoms with E-state index in [0.29, 0.717) is 0 Å². The molecule has 2 heterocycles. The van der Waals surface area contributed by atoms with Crippen molar-refractivity contribution in [3.05, 3.63) is 34.9 Å². The van der Waals surface area contributed by atoms with Gasteiger partial charge in [-0.05, 0) is 48.6 Å². The molecule has 1 N–H and O–H groups in total. The van der Waals surface area contributed by atoms with Gasteiger partial charge in [-0.25, -0.2) is 0 Å². The Morgan fingerprint density at radius 3 is 2.65 bits per heavy atom. The van der Waals surface area contributed by atoms with Gasteiger partial charge in [0.2, 0.25) is 0 Å². The fourth-order valence-corrected chi connectivity index (χ4v) is 3.46. The van der Waals surface area contributed by atoms with Gasteiger partial charge < -0.3 is 14.6 Å². The van der Waals surface area contributed by atoms with Crippen molar-refractivity contribution in [2.75, 3.05) is 13.2 Å². The van der Waals surface area contributed by atoms with Crippen molar-refractivity contribution in [1.29, 1.82) is 0 Å². The van der Waals surface area contributed by atoms with Gasteiger partial charge in [-0.3, -0.25) is 0 Å². The number of benzene rings is 2. The Balaban J connectivity index is 2.07. The largest absolute Gasteiger partial charge is 0.493 e. The summed E-state index contributed by atoms with van der Waals surface area (Å²) in [4.78, 5) is 0. The summed E-state index contributed by atoms with van der Waals surface area (Å²) in [5.41, 5.74) is 3.49. The molecule has 2 aliphatic heterocycles. The Labute approximate surface area is 118 Å². The Morgan fingerprint density at radius 1 is 1.00 bits per heavy atom. The second-order valence-electron chi connectivity index (χ2n) is 5.55. The first-order valence-electron chi connectivity index (χ1n) is 7.35. The first-order valence-corrected chi connectivity index (χ1v) is 7.35. The van der Waals surface area contributed by atoms with Crippen LogP contribution >= 0.6 is 0 Å². The summed E-state index contributed by atoms with van der Waals surface area (Å²) >= 11 is 0. The zero-order chi connectivity index (χ0) is 13.5. The van der Waals surface area contributed by atoms with E-state index in [1.165, 1.54) is 21.9 Å². The molecule has 0 unspecified atom stereocenters. The van der Waals surface area contributed by atoms with Gasteiger partial charge in [-0.1, -0.05) is 6.07 Å². The van der Waals surface area contributed by atoms with Crippen molar-refractivity contribution in [2.45, 2.75) is 32.3 Å². The van der Waals surface area contributed by atoms with Gasteiger partial charge in [0.25, 0.3) is 0 Å². The standard InChI is InChI=1S/C17H18O3/c18-10-12-9-11-5-6-15-13(3-1-7-19-15)16(11)14-4-2-8-20-17(12)14/h5-6,9,18H,1-4,7-8,10H2. The molecule has 0 spiro atoms. The Bertz CT molecular complexity index is 676. The van der Waals surface area contributed by atoms with Crippen LogP contribution in [0.25, 0.3) is 10.8 Å². The third-order valence-corrected chi connectivity index (χ3v) is 4.32. The van der Waals surface area contributed by atoms with E-state index in [-0.39, 0.29) is 6.61 Å². The monoisotopic (exact) mass is 270 g/mol. The first kappa shape index (κ1) is 12.0. The van der Waals surface area contributed by atoms with E-state index in [9.17, 15) is 5.11 Å². The zero-order valence-corrected chi connectivity index (χ0v) is 11.4. The van der Waals surface area contributed by atoms with Crippen LogP contribution in [-0.2, 0) is 19.4 Å². The van der Waals surface area contributed by atoms with Crippen LogP contribution in [0.5, 0.6) is 11.5 Å². The van der Waals surface area contributed by atoms with Crippen LogP contribution in [-0.4, -0.2) is 18.3 Å². The van der Waals surface area contributed by atoms with Crippen molar-refractivity contribution < 1.29 is 14.6 Å². The van der Waals surface area contributed by atoms with Crippen LogP contribution in [0.15, 0.2) is 18.2 Å². The van der Waals surface area contributed by atoms with Gasteiger partial charge in [-0.2, -0.15) is 0 Å². The zero-order valence-electron chi connectivity index (χ0n) is 11.4. The highest BCUT2D eigenvalue weighted by Gasteiger charge is 2.22. The number of aliphatic hydroxyl groups is 1. The fraction of sp³-hybridized carbons (Fsp3) is 0.412. The smallest absolute Gasteiger partial charge is 0.128 e. The molecule has 0 saturated carbocycles. The van der Waals surface area contributed by atoms with Gasteiger partial charge in [0.15, 0.2) is 0 Å². The molecule has 0 aliphatic carbocycles. The summed E-state index contributed by atoms with van der Waals surface area (Å²) in [6.45, 7) is 1.59. The van der Waals surface area contributed by atoms with Crippen molar-refractivity contribution in [2.24, 2.45) is 0 Å². The van der Waals surface area contributed by atoms with Crippen LogP contribution in [0.4, 0.5) is 0 Å². The lowest BCUT2D eigenvalue weighted by molar-refractivity contribution is 0.252. The van der Waals surface area contributed by atoms with E-state index in [1.807, 2.05) is 0 Å². The third kappa shape index (κ3) is 1.70. The highest BCUT2D eigenvalue weighted by Crippen LogP contribution is 2.41. The van der Waals surface area contributed by atoms with Crippen molar-refractivity contribution in [3.63, 3.8) is 0 Å². The lowest BCUT2D eigenvalue weighted by Crippen LogP contribution is -2.14. The summed E-state index contributed by atoms with van der Waals surface area (Å²) in [6, 6.07) is 6.23. The molecular weight excluding hydrogens is 252 g/mol. The molecule has 0 saturated heterocycles. The first-order chi connectivity index (χ1) is 9.88. The second-order valence-corrected chi connectivity index (χ2v) is 5.55.